The molecule has 1 saturated heterocycles. The van der Waals surface area contributed by atoms with Crippen molar-refractivity contribution in [2.75, 3.05) is 11.5 Å². The second kappa shape index (κ2) is 8.57. The van der Waals surface area contributed by atoms with Crippen molar-refractivity contribution in [2.24, 2.45) is 23.7 Å². The Balaban J connectivity index is 1.16. The molecule has 3 fully saturated rings. The molecule has 2 amide bonds. The van der Waals surface area contributed by atoms with Gasteiger partial charge >= 0.3 is 5.97 Å². The minimum atomic E-state index is -0.624. The zero-order valence-corrected chi connectivity index (χ0v) is 19.6. The molecular weight excluding hydrogens is 462 g/mol. The van der Waals surface area contributed by atoms with E-state index in [1.165, 1.54) is 33.9 Å². The summed E-state index contributed by atoms with van der Waals surface area (Å²) in [5.41, 5.74) is 1.98. The van der Waals surface area contributed by atoms with Gasteiger partial charge in [0.05, 0.1) is 28.0 Å². The molecular formula is C28H23NO5S. The quantitative estimate of drug-likeness (QED) is 0.287. The number of amides is 2. The Hall–Kier alpha value is -3.58. The second-order valence-electron chi connectivity index (χ2n) is 9.50. The Kier molecular flexibility index (Phi) is 5.37. The van der Waals surface area contributed by atoms with Crippen LogP contribution in [-0.4, -0.2) is 30.2 Å². The average Bonchev–Trinajstić information content (AvgIpc) is 3.67. The molecule has 35 heavy (non-hydrogen) atoms. The Morgan fingerprint density at radius 3 is 2.34 bits per heavy atom. The van der Waals surface area contributed by atoms with E-state index in [1.54, 1.807) is 29.6 Å². The molecule has 176 valence electrons. The number of hydrogen-bond acceptors (Lipinski definition) is 6. The summed E-state index contributed by atoms with van der Waals surface area (Å²) >= 11 is 1.30. The fraction of sp³-hybridized carbons (Fsp3) is 0.286. The predicted octanol–water partition coefficient (Wildman–Crippen LogP) is 4.72. The highest BCUT2D eigenvalue weighted by atomic mass is 32.1. The molecule has 1 aliphatic heterocycles. The highest BCUT2D eigenvalue weighted by Crippen LogP contribution is 2.61. The normalized spacial score (nSPS) is 26.7. The summed E-state index contributed by atoms with van der Waals surface area (Å²) in [6, 6.07) is 20.0. The van der Waals surface area contributed by atoms with Crippen LogP contribution in [0.25, 0.3) is 0 Å². The Bertz CT molecular complexity index is 1300. The number of carbonyl (C=O) groups excluding carboxylic acids is 4. The summed E-state index contributed by atoms with van der Waals surface area (Å²) < 4.78 is 5.14. The number of nitrogens with zero attached hydrogens (tertiary/aromatic N) is 1. The van der Waals surface area contributed by atoms with Gasteiger partial charge in [0.15, 0.2) is 6.61 Å². The van der Waals surface area contributed by atoms with E-state index >= 15 is 0 Å². The topological polar surface area (TPSA) is 80.8 Å². The Morgan fingerprint density at radius 2 is 1.63 bits per heavy atom. The first-order chi connectivity index (χ1) is 17.0. The molecule has 7 heteroatoms. The molecule has 0 unspecified atom stereocenters. The average molecular weight is 486 g/mol. The molecule has 2 aromatic carbocycles. The Morgan fingerprint density at radius 1 is 0.886 bits per heavy atom. The molecule has 3 aliphatic rings. The monoisotopic (exact) mass is 485 g/mol. The van der Waals surface area contributed by atoms with E-state index in [0.29, 0.717) is 16.5 Å². The molecule has 2 aliphatic carbocycles. The molecule has 2 saturated carbocycles. The fourth-order valence-electron chi connectivity index (χ4n) is 6.27. The highest BCUT2D eigenvalue weighted by molar-refractivity contribution is 7.12. The zero-order valence-electron chi connectivity index (χ0n) is 18.8. The van der Waals surface area contributed by atoms with E-state index in [2.05, 4.69) is 12.1 Å². The van der Waals surface area contributed by atoms with Crippen molar-refractivity contribution in [2.45, 2.75) is 18.8 Å². The van der Waals surface area contributed by atoms with Gasteiger partial charge in [-0.2, -0.15) is 0 Å². The molecule has 5 atom stereocenters. The van der Waals surface area contributed by atoms with Gasteiger partial charge in [-0.1, -0.05) is 36.4 Å². The summed E-state index contributed by atoms with van der Waals surface area (Å²) in [5.74, 6) is -0.945. The Labute approximate surface area is 206 Å². The van der Waals surface area contributed by atoms with Crippen LogP contribution in [0.15, 0.2) is 72.1 Å². The van der Waals surface area contributed by atoms with Crippen LogP contribution in [0.1, 0.15) is 44.4 Å². The predicted molar refractivity (Wildman–Crippen MR) is 130 cm³/mol. The lowest BCUT2D eigenvalue weighted by atomic mass is 9.73. The first-order valence-corrected chi connectivity index (χ1v) is 12.7. The van der Waals surface area contributed by atoms with E-state index in [4.69, 9.17) is 4.74 Å². The third-order valence-electron chi connectivity index (χ3n) is 7.73. The number of carbonyl (C=O) groups is 4. The smallest absolute Gasteiger partial charge is 0.338 e. The third kappa shape index (κ3) is 3.62. The SMILES string of the molecule is O=C(OCC(=O)c1cccs1)c1ccc(N2C(=O)[C@@H]3[C@@H]4C[C@H]([C@H]3C2=O)[C@H](c2ccccc2)C4)cc1. The van der Waals surface area contributed by atoms with Gasteiger partial charge in [0.2, 0.25) is 17.6 Å². The van der Waals surface area contributed by atoms with Crippen LogP contribution in [0.3, 0.4) is 0 Å². The molecule has 0 spiro atoms. The minimum absolute atomic E-state index is 0.129. The summed E-state index contributed by atoms with van der Waals surface area (Å²) in [5, 5.41) is 1.79. The van der Waals surface area contributed by atoms with Gasteiger partial charge in [-0.05, 0) is 71.9 Å². The lowest BCUT2D eigenvalue weighted by Crippen LogP contribution is -2.33. The van der Waals surface area contributed by atoms with Crippen molar-refractivity contribution in [3.8, 4) is 0 Å². The fourth-order valence-corrected chi connectivity index (χ4v) is 6.92. The zero-order chi connectivity index (χ0) is 24.1. The van der Waals surface area contributed by atoms with Crippen LogP contribution < -0.4 is 4.90 Å². The van der Waals surface area contributed by atoms with Crippen molar-refractivity contribution >= 4 is 40.6 Å². The first-order valence-electron chi connectivity index (χ1n) is 11.8. The lowest BCUT2D eigenvalue weighted by molar-refractivity contribution is -0.123. The van der Waals surface area contributed by atoms with Crippen molar-refractivity contribution in [1.29, 1.82) is 0 Å². The molecule has 6 rings (SSSR count). The number of benzene rings is 2. The number of hydrogen-bond donors (Lipinski definition) is 0. The second-order valence-corrected chi connectivity index (χ2v) is 10.4. The summed E-state index contributed by atoms with van der Waals surface area (Å²) in [6.07, 6.45) is 1.87. The van der Waals surface area contributed by atoms with E-state index in [0.717, 1.165) is 12.8 Å². The summed E-state index contributed by atoms with van der Waals surface area (Å²) in [7, 11) is 0. The van der Waals surface area contributed by atoms with Gasteiger partial charge in [0.25, 0.3) is 0 Å². The molecule has 2 bridgehead atoms. The molecule has 2 heterocycles. The van der Waals surface area contributed by atoms with Crippen LogP contribution in [0.2, 0.25) is 0 Å². The summed E-state index contributed by atoms with van der Waals surface area (Å²) in [4.78, 5) is 53.1. The minimum Gasteiger partial charge on any atom is -0.454 e. The number of fused-ring (bicyclic) bond motifs is 5. The lowest BCUT2D eigenvalue weighted by Gasteiger charge is -2.28. The largest absolute Gasteiger partial charge is 0.454 e. The number of anilines is 1. The third-order valence-corrected chi connectivity index (χ3v) is 8.65. The maximum atomic E-state index is 13.5. The number of imide groups is 1. The number of Topliss-reactive ketones (excluding diaryl/α,β-unsaturated/α-hetero) is 1. The van der Waals surface area contributed by atoms with Crippen molar-refractivity contribution in [1.82, 2.24) is 0 Å². The van der Waals surface area contributed by atoms with E-state index in [9.17, 15) is 19.2 Å². The van der Waals surface area contributed by atoms with E-state index < -0.39 is 5.97 Å². The van der Waals surface area contributed by atoms with Crippen molar-refractivity contribution in [3.63, 3.8) is 0 Å². The van der Waals surface area contributed by atoms with Gasteiger partial charge in [0, 0.05) is 0 Å². The van der Waals surface area contributed by atoms with Gasteiger partial charge in [-0.25, -0.2) is 4.79 Å². The highest BCUT2D eigenvalue weighted by Gasteiger charge is 2.64. The van der Waals surface area contributed by atoms with Crippen molar-refractivity contribution < 1.29 is 23.9 Å². The van der Waals surface area contributed by atoms with Crippen LogP contribution in [0.5, 0.6) is 0 Å². The first kappa shape index (κ1) is 21.9. The number of ether oxygens (including phenoxy) is 1. The number of esters is 1. The van der Waals surface area contributed by atoms with Gasteiger partial charge < -0.3 is 4.74 Å². The van der Waals surface area contributed by atoms with Crippen LogP contribution in [0.4, 0.5) is 5.69 Å². The summed E-state index contributed by atoms with van der Waals surface area (Å²) in [6.45, 7) is -0.334. The molecule has 0 N–H and O–H groups in total. The van der Waals surface area contributed by atoms with Gasteiger partial charge in [-0.3, -0.25) is 19.3 Å². The molecule has 0 radical (unpaired) electrons. The van der Waals surface area contributed by atoms with E-state index in [-0.39, 0.29) is 53.4 Å². The standard InChI is InChI=1S/C28H23NO5S/c30-22(23-7-4-12-35-23)15-34-28(33)17-8-10-19(11-9-17)29-26(31)24-18-13-20(16-5-2-1-3-6-16)21(14-18)25(24)27(29)32/h1-12,18,20-21,24-25H,13-15H2/t18-,20-,21-,24+,25+/m0/s1. The molecule has 1 aromatic heterocycles. The van der Waals surface area contributed by atoms with Crippen molar-refractivity contribution in [3.05, 3.63) is 88.1 Å². The number of thiophene rings is 1. The van der Waals surface area contributed by atoms with E-state index in [1.807, 2.05) is 18.2 Å². The van der Waals surface area contributed by atoms with Crippen LogP contribution >= 0.6 is 11.3 Å². The maximum Gasteiger partial charge on any atom is 0.338 e. The van der Waals surface area contributed by atoms with Gasteiger partial charge in [0.1, 0.15) is 0 Å². The van der Waals surface area contributed by atoms with Crippen LogP contribution in [0, 0.1) is 23.7 Å². The number of rotatable bonds is 6. The molecule has 3 aromatic rings. The van der Waals surface area contributed by atoms with Crippen LogP contribution in [-0.2, 0) is 14.3 Å². The molecule has 6 nitrogen and oxygen atoms in total. The van der Waals surface area contributed by atoms with Gasteiger partial charge in [-0.15, -0.1) is 11.3 Å². The maximum absolute atomic E-state index is 13.5. The number of ketones is 1.